The van der Waals surface area contributed by atoms with Gasteiger partial charge in [-0.3, -0.25) is 4.79 Å². The molecule has 0 bridgehead atoms. The van der Waals surface area contributed by atoms with Gasteiger partial charge in [-0.1, -0.05) is 20.8 Å². The monoisotopic (exact) mass is 252 g/mol. The first-order valence-corrected chi connectivity index (χ1v) is 5.61. The van der Waals surface area contributed by atoms with Gasteiger partial charge in [-0.15, -0.1) is 0 Å². The van der Waals surface area contributed by atoms with Crippen LogP contribution in [0.2, 0.25) is 0 Å². The Labute approximate surface area is 102 Å². The molecule has 1 aliphatic heterocycles. The Bertz CT molecular complexity index is 298. The lowest BCUT2D eigenvalue weighted by molar-refractivity contribution is -0.130. The highest BCUT2D eigenvalue weighted by molar-refractivity contribution is 6.27. The van der Waals surface area contributed by atoms with Gasteiger partial charge in [0.05, 0.1) is 0 Å². The molecule has 0 aliphatic carbocycles. The number of carbonyl (C=O) groups excluding carboxylic acids is 1. The summed E-state index contributed by atoms with van der Waals surface area (Å²) in [5.74, 6) is -0.170. The quantitative estimate of drug-likeness (QED) is 0.619. The van der Waals surface area contributed by atoms with Gasteiger partial charge in [-0.05, 0) is 32.5 Å². The fourth-order valence-corrected chi connectivity index (χ4v) is 2.71. The number of hydrogen-bond donors (Lipinski definition) is 0. The van der Waals surface area contributed by atoms with Gasteiger partial charge < -0.3 is 0 Å². The summed E-state index contributed by atoms with van der Waals surface area (Å²) >= 11 is 12.4. The Kier molecular flexibility index (Phi) is 2.83. The predicted octanol–water partition coefficient (Wildman–Crippen LogP) is 2.98. The number of rotatable bonds is 0. The molecule has 0 spiro atoms. The average molecular weight is 253 g/mol. The van der Waals surface area contributed by atoms with E-state index in [9.17, 15) is 4.79 Å². The molecule has 0 aromatic carbocycles. The van der Waals surface area contributed by atoms with Gasteiger partial charge in [-0.2, -0.15) is 4.42 Å². The first-order valence-electron chi connectivity index (χ1n) is 4.94. The zero-order valence-corrected chi connectivity index (χ0v) is 11.6. The third-order valence-electron chi connectivity index (χ3n) is 3.38. The lowest BCUT2D eigenvalue weighted by atomic mass is 9.82. The summed E-state index contributed by atoms with van der Waals surface area (Å²) < 4.78 is 2.75. The Morgan fingerprint density at radius 2 is 1.53 bits per heavy atom. The van der Waals surface area contributed by atoms with E-state index in [2.05, 4.69) is 0 Å². The Morgan fingerprint density at radius 1 is 1.13 bits per heavy atom. The topological polar surface area (TPSA) is 23.6 Å². The van der Waals surface area contributed by atoms with Gasteiger partial charge in [0.25, 0.3) is 5.91 Å². The van der Waals surface area contributed by atoms with Crippen LogP contribution in [-0.4, -0.2) is 25.9 Å². The molecule has 1 unspecified atom stereocenters. The zero-order chi connectivity index (χ0) is 12.2. The molecule has 1 atom stereocenters. The van der Waals surface area contributed by atoms with Crippen LogP contribution >= 0.6 is 23.6 Å². The molecule has 0 saturated carbocycles. The van der Waals surface area contributed by atoms with E-state index >= 15 is 0 Å². The largest absolute Gasteiger partial charge is 0.271 e. The molecule has 1 saturated heterocycles. The van der Waals surface area contributed by atoms with E-state index in [4.69, 9.17) is 23.6 Å². The van der Waals surface area contributed by atoms with Crippen LogP contribution < -0.4 is 0 Å². The first-order chi connectivity index (χ1) is 6.47. The van der Waals surface area contributed by atoms with E-state index in [0.29, 0.717) is 0 Å². The third kappa shape index (κ3) is 1.48. The molecular formula is C10H18Cl2N2O. The van der Waals surface area contributed by atoms with E-state index in [1.807, 2.05) is 27.7 Å². The lowest BCUT2D eigenvalue weighted by Gasteiger charge is -2.45. The normalized spacial score (nSPS) is 32.5. The minimum Gasteiger partial charge on any atom is -0.271 e. The lowest BCUT2D eigenvalue weighted by Crippen LogP contribution is -2.55. The van der Waals surface area contributed by atoms with E-state index in [-0.39, 0.29) is 11.3 Å². The van der Waals surface area contributed by atoms with Crippen LogP contribution in [0.25, 0.3) is 0 Å². The van der Waals surface area contributed by atoms with Crippen molar-refractivity contribution in [1.82, 2.24) is 8.84 Å². The van der Waals surface area contributed by atoms with Crippen LogP contribution in [0.4, 0.5) is 0 Å². The summed E-state index contributed by atoms with van der Waals surface area (Å²) in [6, 6.07) is 0. The van der Waals surface area contributed by atoms with Crippen LogP contribution in [0.15, 0.2) is 0 Å². The summed E-state index contributed by atoms with van der Waals surface area (Å²) in [5.41, 5.74) is -1.71. The highest BCUT2D eigenvalue weighted by atomic mass is 35.5. The molecule has 1 aliphatic rings. The van der Waals surface area contributed by atoms with Crippen molar-refractivity contribution in [2.24, 2.45) is 5.41 Å². The van der Waals surface area contributed by atoms with Gasteiger partial charge in [-0.25, -0.2) is 4.42 Å². The maximum absolute atomic E-state index is 12.0. The molecule has 0 aromatic heterocycles. The second-order valence-electron chi connectivity index (χ2n) is 5.70. The molecule has 1 fully saturated rings. The SMILES string of the molecule is CC1(C)C(=O)N(Cl)C(C)(C(C)(C)C)N1Cl. The molecule has 1 amide bonds. The minimum atomic E-state index is -0.772. The molecule has 0 aromatic rings. The summed E-state index contributed by atoms with van der Waals surface area (Å²) in [6.45, 7) is 11.4. The maximum Gasteiger partial charge on any atom is 0.260 e. The van der Waals surface area contributed by atoms with Crippen molar-refractivity contribution < 1.29 is 4.79 Å². The van der Waals surface area contributed by atoms with Gasteiger partial charge in [0.2, 0.25) is 0 Å². The first kappa shape index (κ1) is 13.1. The second-order valence-corrected chi connectivity index (χ2v) is 6.37. The van der Waals surface area contributed by atoms with E-state index in [1.54, 1.807) is 13.8 Å². The van der Waals surface area contributed by atoms with Crippen molar-refractivity contribution in [3.63, 3.8) is 0 Å². The van der Waals surface area contributed by atoms with Gasteiger partial charge in [0.15, 0.2) is 0 Å². The number of nitrogens with zero attached hydrogens (tertiary/aromatic N) is 2. The standard InChI is InChI=1S/C10H18Cl2N2O/c1-8(2,3)10(6)13(11)7(15)9(4,5)14(10)12/h1-6H3. The van der Waals surface area contributed by atoms with E-state index in [0.717, 1.165) is 0 Å². The van der Waals surface area contributed by atoms with Crippen molar-refractivity contribution >= 4 is 29.5 Å². The number of amides is 1. The number of carbonyl (C=O) groups is 1. The Hall–Kier alpha value is 0.01000. The second kappa shape index (κ2) is 3.25. The molecule has 88 valence electrons. The van der Waals surface area contributed by atoms with Gasteiger partial charge in [0.1, 0.15) is 11.2 Å². The fourth-order valence-electron chi connectivity index (χ4n) is 1.73. The van der Waals surface area contributed by atoms with Crippen molar-refractivity contribution in [1.29, 1.82) is 0 Å². The molecular weight excluding hydrogens is 235 g/mol. The molecule has 0 N–H and O–H groups in total. The molecule has 3 nitrogen and oxygen atoms in total. The molecule has 15 heavy (non-hydrogen) atoms. The Balaban J connectivity index is 3.30. The van der Waals surface area contributed by atoms with E-state index in [1.165, 1.54) is 8.84 Å². The zero-order valence-electron chi connectivity index (χ0n) is 10.1. The van der Waals surface area contributed by atoms with Gasteiger partial charge >= 0.3 is 0 Å². The van der Waals surface area contributed by atoms with Crippen molar-refractivity contribution in [3.8, 4) is 0 Å². The molecule has 1 heterocycles. The predicted molar refractivity (Wildman–Crippen MR) is 62.3 cm³/mol. The highest BCUT2D eigenvalue weighted by Crippen LogP contribution is 2.50. The number of halogens is 2. The summed E-state index contributed by atoms with van der Waals surface area (Å²) in [5, 5.41) is 0. The van der Waals surface area contributed by atoms with Crippen molar-refractivity contribution in [3.05, 3.63) is 0 Å². The Morgan fingerprint density at radius 3 is 1.67 bits per heavy atom. The fraction of sp³-hybridized carbons (Fsp3) is 0.900. The minimum absolute atomic E-state index is 0.170. The summed E-state index contributed by atoms with van der Waals surface area (Å²) in [4.78, 5) is 12.0. The van der Waals surface area contributed by atoms with Crippen molar-refractivity contribution in [2.45, 2.75) is 52.7 Å². The third-order valence-corrected chi connectivity index (χ3v) is 4.61. The van der Waals surface area contributed by atoms with Crippen LogP contribution in [0, 0.1) is 5.41 Å². The maximum atomic E-state index is 12.0. The van der Waals surface area contributed by atoms with Crippen LogP contribution in [0.1, 0.15) is 41.5 Å². The smallest absolute Gasteiger partial charge is 0.260 e. The average Bonchev–Trinajstić information content (AvgIpc) is 2.19. The number of hydrogen-bond acceptors (Lipinski definition) is 2. The van der Waals surface area contributed by atoms with Gasteiger partial charge in [0, 0.05) is 17.2 Å². The summed E-state index contributed by atoms with van der Waals surface area (Å²) in [6.07, 6.45) is 0. The van der Waals surface area contributed by atoms with E-state index < -0.39 is 11.2 Å². The van der Waals surface area contributed by atoms with Crippen LogP contribution in [0.5, 0.6) is 0 Å². The molecule has 5 heteroatoms. The van der Waals surface area contributed by atoms with Crippen molar-refractivity contribution in [2.75, 3.05) is 0 Å². The molecule has 1 rings (SSSR count). The van der Waals surface area contributed by atoms with Crippen LogP contribution in [-0.2, 0) is 4.79 Å². The molecule has 0 radical (unpaired) electrons. The highest BCUT2D eigenvalue weighted by Gasteiger charge is 2.63. The van der Waals surface area contributed by atoms with Crippen LogP contribution in [0.3, 0.4) is 0 Å². The summed E-state index contributed by atoms with van der Waals surface area (Å²) in [7, 11) is 0.